The summed E-state index contributed by atoms with van der Waals surface area (Å²) in [7, 11) is 1.78. The minimum Gasteiger partial charge on any atom is -0.475 e. The van der Waals surface area contributed by atoms with Crippen molar-refractivity contribution < 1.29 is 46.1 Å². The number of aliphatic carboxylic acids is 1. The molecule has 1 saturated heterocycles. The average molecular weight is 671 g/mol. The number of rotatable bonds is 5. The zero-order valence-electron chi connectivity index (χ0n) is 24.5. The molecule has 1 aliphatic rings. The Morgan fingerprint density at radius 2 is 1.63 bits per heavy atom. The van der Waals surface area contributed by atoms with E-state index in [0.717, 1.165) is 0 Å². The van der Waals surface area contributed by atoms with Gasteiger partial charge in [-0.2, -0.15) is 26.3 Å². The smallest absolute Gasteiger partial charge is 0.475 e. The summed E-state index contributed by atoms with van der Waals surface area (Å²) in [5, 5.41) is 19.8. The molecule has 2 aromatic carbocycles. The number of aryl methyl sites for hydroxylation is 1. The second-order valence-electron chi connectivity index (χ2n) is 10.9. The van der Waals surface area contributed by atoms with Gasteiger partial charge >= 0.3 is 18.3 Å². The fraction of sp³-hybridized carbons (Fsp3) is 0.355. The van der Waals surface area contributed by atoms with Crippen LogP contribution in [0.1, 0.15) is 47.8 Å². The zero-order valence-corrected chi connectivity index (χ0v) is 25.3. The van der Waals surface area contributed by atoms with Crippen molar-refractivity contribution in [3.05, 3.63) is 94.2 Å². The number of benzene rings is 2. The van der Waals surface area contributed by atoms with Crippen molar-refractivity contribution in [3.8, 4) is 0 Å². The van der Waals surface area contributed by atoms with Gasteiger partial charge in [0, 0.05) is 50.3 Å². The zero-order chi connectivity index (χ0) is 34.0. The van der Waals surface area contributed by atoms with Gasteiger partial charge in [0.05, 0.1) is 28.8 Å². The normalized spacial score (nSPS) is 15.7. The van der Waals surface area contributed by atoms with Crippen LogP contribution in [0.5, 0.6) is 0 Å². The van der Waals surface area contributed by atoms with Gasteiger partial charge in [-0.3, -0.25) is 4.79 Å². The van der Waals surface area contributed by atoms with Crippen LogP contribution in [0.3, 0.4) is 0 Å². The Morgan fingerprint density at radius 1 is 1.02 bits per heavy atom. The Hall–Kier alpha value is -4.17. The van der Waals surface area contributed by atoms with Crippen LogP contribution in [0, 0.1) is 5.92 Å². The summed E-state index contributed by atoms with van der Waals surface area (Å²) >= 11 is 6.74. The number of halogens is 7. The number of carboxylic acid groups (broad SMARTS) is 1. The van der Waals surface area contributed by atoms with E-state index in [1.807, 2.05) is 0 Å². The molecule has 246 valence electrons. The predicted octanol–water partition coefficient (Wildman–Crippen LogP) is 6.36. The largest absolute Gasteiger partial charge is 0.490 e. The minimum absolute atomic E-state index is 0.0208. The highest BCUT2D eigenvalue weighted by Gasteiger charge is 2.44. The van der Waals surface area contributed by atoms with Gasteiger partial charge in [-0.1, -0.05) is 48.0 Å². The third-order valence-electron chi connectivity index (χ3n) is 7.93. The maximum Gasteiger partial charge on any atom is 0.490 e. The first-order chi connectivity index (χ1) is 21.4. The van der Waals surface area contributed by atoms with Gasteiger partial charge in [-0.05, 0) is 36.1 Å². The van der Waals surface area contributed by atoms with Gasteiger partial charge in [0.25, 0.3) is 0 Å². The minimum atomic E-state index is -5.08. The molecular weight excluding hydrogens is 642 g/mol. The summed E-state index contributed by atoms with van der Waals surface area (Å²) < 4.78 is 75.7. The predicted molar refractivity (Wildman–Crippen MR) is 156 cm³/mol. The van der Waals surface area contributed by atoms with Crippen LogP contribution >= 0.6 is 11.6 Å². The quantitative estimate of drug-likeness (QED) is 0.239. The standard InChI is InChI=1S/C29H28ClF3N4O2.C2HF3O2/c1-18(38)37-12-10-20(11-13-37)28(39,25-16-34-17-36(25)2)21-8-9-24-22(15-21)26(30)23(27(35-24)29(31,32)33)14-19-6-4-3-5-7-19;3-2(4,5)1(6)7/h3-9,15-17,20,39H,10-14H2,1-2H3;(H,6,7). The van der Waals surface area contributed by atoms with Gasteiger partial charge in [-0.25, -0.2) is 14.8 Å². The third kappa shape index (κ3) is 7.28. The number of imidazole rings is 1. The lowest BCUT2D eigenvalue weighted by atomic mass is 9.73. The van der Waals surface area contributed by atoms with Crippen LogP contribution in [0.2, 0.25) is 5.02 Å². The first-order valence-electron chi connectivity index (χ1n) is 13.9. The Labute approximate surface area is 264 Å². The summed E-state index contributed by atoms with van der Waals surface area (Å²) in [6.07, 6.45) is -5.56. The number of piperidine rings is 1. The van der Waals surface area contributed by atoms with Crippen molar-refractivity contribution in [3.63, 3.8) is 0 Å². The van der Waals surface area contributed by atoms with Crippen molar-refractivity contribution in [1.29, 1.82) is 0 Å². The second kappa shape index (κ2) is 13.3. The molecule has 0 aliphatic carbocycles. The molecule has 0 spiro atoms. The molecule has 46 heavy (non-hydrogen) atoms. The first-order valence-corrected chi connectivity index (χ1v) is 14.3. The molecule has 0 bridgehead atoms. The number of pyridine rings is 1. The molecule has 8 nitrogen and oxygen atoms in total. The van der Waals surface area contributed by atoms with E-state index in [0.29, 0.717) is 48.1 Å². The molecule has 1 fully saturated rings. The van der Waals surface area contributed by atoms with E-state index in [4.69, 9.17) is 21.5 Å². The molecule has 2 aromatic heterocycles. The Kier molecular flexibility index (Phi) is 10.0. The number of carboxylic acids is 1. The number of hydrogen-bond acceptors (Lipinski definition) is 5. The molecule has 1 amide bonds. The highest BCUT2D eigenvalue weighted by molar-refractivity contribution is 6.36. The monoisotopic (exact) mass is 670 g/mol. The van der Waals surface area contributed by atoms with Gasteiger partial charge in [-0.15, -0.1) is 0 Å². The van der Waals surface area contributed by atoms with Gasteiger partial charge in [0.2, 0.25) is 5.91 Å². The van der Waals surface area contributed by atoms with E-state index in [1.165, 1.54) is 13.0 Å². The van der Waals surface area contributed by atoms with Crippen LogP contribution in [-0.4, -0.2) is 60.8 Å². The van der Waals surface area contributed by atoms with Crippen molar-refractivity contribution in [2.75, 3.05) is 13.1 Å². The van der Waals surface area contributed by atoms with Crippen LogP contribution < -0.4 is 0 Å². The first kappa shape index (κ1) is 34.7. The number of aliphatic hydroxyl groups is 1. The number of alkyl halides is 6. The maximum absolute atomic E-state index is 14.1. The number of amides is 1. The molecule has 1 aliphatic heterocycles. The molecule has 1 unspecified atom stereocenters. The van der Waals surface area contributed by atoms with Crippen LogP contribution in [0.4, 0.5) is 26.3 Å². The van der Waals surface area contributed by atoms with Crippen molar-refractivity contribution >= 4 is 34.4 Å². The molecule has 3 heterocycles. The lowest BCUT2D eigenvalue weighted by molar-refractivity contribution is -0.192. The molecule has 2 N–H and O–H groups in total. The summed E-state index contributed by atoms with van der Waals surface area (Å²) in [6, 6.07) is 13.5. The van der Waals surface area contributed by atoms with E-state index in [2.05, 4.69) is 9.97 Å². The van der Waals surface area contributed by atoms with Crippen LogP contribution in [-0.2, 0) is 34.8 Å². The number of likely N-dealkylation sites (tertiary alicyclic amines) is 1. The fourth-order valence-electron chi connectivity index (χ4n) is 5.63. The SMILES string of the molecule is CC(=O)N1CCC(C(O)(c2ccc3nc(C(F)(F)F)c(Cc4ccccc4)c(Cl)c3c2)c2cncn2C)CC1.O=C(O)C(F)(F)F. The Bertz CT molecular complexity index is 1720. The van der Waals surface area contributed by atoms with E-state index in [1.54, 1.807) is 71.5 Å². The topological polar surface area (TPSA) is 109 Å². The molecule has 15 heteroatoms. The van der Waals surface area contributed by atoms with E-state index in [9.17, 15) is 36.2 Å². The second-order valence-corrected chi connectivity index (χ2v) is 11.3. The number of hydrogen-bond donors (Lipinski definition) is 2. The van der Waals surface area contributed by atoms with E-state index < -0.39 is 29.6 Å². The number of aromatic nitrogens is 3. The number of nitrogens with zero attached hydrogens (tertiary/aromatic N) is 4. The highest BCUT2D eigenvalue weighted by Crippen LogP contribution is 2.44. The third-order valence-corrected chi connectivity index (χ3v) is 8.36. The van der Waals surface area contributed by atoms with Crippen molar-refractivity contribution in [1.82, 2.24) is 19.4 Å². The van der Waals surface area contributed by atoms with Gasteiger partial charge < -0.3 is 19.7 Å². The summed E-state index contributed by atoms with van der Waals surface area (Å²) in [6.45, 7) is 2.51. The Balaban J connectivity index is 0.000000617. The molecule has 0 saturated carbocycles. The summed E-state index contributed by atoms with van der Waals surface area (Å²) in [5.41, 5.74) is -0.863. The molecule has 4 aromatic rings. The number of carbonyl (C=O) groups excluding carboxylic acids is 1. The van der Waals surface area contributed by atoms with Crippen molar-refractivity contribution in [2.45, 2.75) is 44.1 Å². The number of fused-ring (bicyclic) bond motifs is 1. The summed E-state index contributed by atoms with van der Waals surface area (Å²) in [5.74, 6) is -3.05. The Morgan fingerprint density at radius 3 is 2.13 bits per heavy atom. The van der Waals surface area contributed by atoms with E-state index in [-0.39, 0.29) is 34.3 Å². The summed E-state index contributed by atoms with van der Waals surface area (Å²) in [4.78, 5) is 30.7. The molecule has 5 rings (SSSR count). The number of carbonyl (C=O) groups is 2. The van der Waals surface area contributed by atoms with Crippen LogP contribution in [0.15, 0.2) is 61.1 Å². The fourth-order valence-corrected chi connectivity index (χ4v) is 5.93. The molecule has 1 atom stereocenters. The van der Waals surface area contributed by atoms with Gasteiger partial charge in [0.1, 0.15) is 11.3 Å². The van der Waals surface area contributed by atoms with Crippen molar-refractivity contribution in [2.24, 2.45) is 13.0 Å². The lowest BCUT2D eigenvalue weighted by Gasteiger charge is -2.42. The molecular formula is C31H29ClF6N4O4. The highest BCUT2D eigenvalue weighted by atomic mass is 35.5. The lowest BCUT2D eigenvalue weighted by Crippen LogP contribution is -2.46. The van der Waals surface area contributed by atoms with Gasteiger partial charge in [0.15, 0.2) is 0 Å². The van der Waals surface area contributed by atoms with Crippen LogP contribution in [0.25, 0.3) is 10.9 Å². The average Bonchev–Trinajstić information content (AvgIpc) is 3.44. The van der Waals surface area contributed by atoms with E-state index >= 15 is 0 Å². The molecule has 0 radical (unpaired) electrons. The maximum atomic E-state index is 14.1.